The second kappa shape index (κ2) is 5.58. The Morgan fingerprint density at radius 3 is 2.45 bits per heavy atom. The minimum Gasteiger partial charge on any atom is -0.382 e. The molecule has 22 heavy (non-hydrogen) atoms. The Morgan fingerprint density at radius 2 is 1.95 bits per heavy atom. The second-order valence-electron chi connectivity index (χ2n) is 6.26. The molecule has 0 radical (unpaired) electrons. The molecule has 0 saturated carbocycles. The van der Waals surface area contributed by atoms with Gasteiger partial charge >= 0.3 is 7.60 Å². The van der Waals surface area contributed by atoms with Crippen LogP contribution in [-0.2, 0) is 15.7 Å². The van der Waals surface area contributed by atoms with Crippen LogP contribution in [0.3, 0.4) is 0 Å². The highest BCUT2D eigenvalue weighted by molar-refractivity contribution is 7.51. The van der Waals surface area contributed by atoms with Crippen LogP contribution in [0.15, 0.2) is 0 Å². The summed E-state index contributed by atoms with van der Waals surface area (Å²) >= 11 is 0. The number of rotatable bonds is 4. The Morgan fingerprint density at radius 1 is 1.32 bits per heavy atom. The highest BCUT2D eigenvalue weighted by Gasteiger charge is 2.34. The number of imidazole rings is 1. The number of H-pyrrole nitrogens is 1. The third kappa shape index (κ3) is 3.61. The van der Waals surface area contributed by atoms with Gasteiger partial charge in [-0.2, -0.15) is 0 Å². The van der Waals surface area contributed by atoms with E-state index in [1.165, 1.54) is 7.11 Å². The van der Waals surface area contributed by atoms with Crippen molar-refractivity contribution in [2.24, 2.45) is 5.41 Å². The Kier molecular flexibility index (Phi) is 4.27. The van der Waals surface area contributed by atoms with E-state index in [0.29, 0.717) is 17.8 Å². The van der Waals surface area contributed by atoms with Gasteiger partial charge in [0.25, 0.3) is 0 Å². The van der Waals surface area contributed by atoms with Crippen molar-refractivity contribution in [3.8, 4) is 0 Å². The lowest BCUT2D eigenvalue weighted by molar-refractivity contribution is 0.132. The maximum absolute atomic E-state index is 11.4. The van der Waals surface area contributed by atoms with Crippen molar-refractivity contribution in [1.82, 2.24) is 19.9 Å². The number of anilines is 1. The van der Waals surface area contributed by atoms with E-state index < -0.39 is 13.4 Å². The van der Waals surface area contributed by atoms with Crippen molar-refractivity contribution in [2.45, 2.75) is 33.0 Å². The molecule has 0 amide bonds. The van der Waals surface area contributed by atoms with Gasteiger partial charge in [0.2, 0.25) is 5.85 Å². The molecule has 0 aliphatic carbocycles. The monoisotopic (exact) mass is 329 g/mol. The van der Waals surface area contributed by atoms with Crippen LogP contribution >= 0.6 is 7.60 Å². The highest BCUT2D eigenvalue weighted by Crippen LogP contribution is 2.51. The van der Waals surface area contributed by atoms with Crippen LogP contribution < -0.4 is 5.73 Å². The van der Waals surface area contributed by atoms with Gasteiger partial charge in [0.1, 0.15) is 11.3 Å². The first-order chi connectivity index (χ1) is 10.0. The van der Waals surface area contributed by atoms with Gasteiger partial charge in [0.15, 0.2) is 17.3 Å². The summed E-state index contributed by atoms with van der Waals surface area (Å²) in [5.41, 5.74) is 6.45. The maximum atomic E-state index is 11.4. The number of nitrogen functional groups attached to an aromatic ring is 1. The van der Waals surface area contributed by atoms with Gasteiger partial charge in [-0.25, -0.2) is 15.0 Å². The van der Waals surface area contributed by atoms with Crippen LogP contribution in [0.2, 0.25) is 0 Å². The molecule has 0 saturated heterocycles. The fourth-order valence-corrected chi connectivity index (χ4v) is 2.78. The molecule has 0 aliphatic heterocycles. The predicted octanol–water partition coefficient (Wildman–Crippen LogP) is 1.35. The molecule has 2 heterocycles. The zero-order valence-corrected chi connectivity index (χ0v) is 13.8. The molecule has 122 valence electrons. The Bertz CT molecular complexity index is 733. The molecule has 0 aromatic carbocycles. The van der Waals surface area contributed by atoms with E-state index in [1.54, 1.807) is 0 Å². The number of aromatic amines is 1. The zero-order chi connectivity index (χ0) is 16.7. The summed E-state index contributed by atoms with van der Waals surface area (Å²) in [6.07, 6.45) is 0.599. The van der Waals surface area contributed by atoms with E-state index in [0.717, 1.165) is 0 Å². The third-order valence-electron chi connectivity index (χ3n) is 2.89. The molecule has 2 aromatic rings. The van der Waals surface area contributed by atoms with Crippen LogP contribution in [0.5, 0.6) is 0 Å². The number of methoxy groups -OCH3 is 1. The number of nitrogens with zero attached hydrogens (tertiary/aromatic N) is 3. The van der Waals surface area contributed by atoms with E-state index in [1.807, 2.05) is 20.8 Å². The number of aromatic nitrogens is 4. The Hall–Kier alpha value is -1.54. The van der Waals surface area contributed by atoms with E-state index >= 15 is 0 Å². The summed E-state index contributed by atoms with van der Waals surface area (Å²) < 4.78 is 16.3. The van der Waals surface area contributed by atoms with Gasteiger partial charge in [0.05, 0.1) is 0 Å². The van der Waals surface area contributed by atoms with E-state index in [2.05, 4.69) is 19.9 Å². The molecule has 10 heteroatoms. The van der Waals surface area contributed by atoms with Crippen LogP contribution in [-0.4, -0.2) is 36.8 Å². The zero-order valence-electron chi connectivity index (χ0n) is 12.9. The lowest BCUT2D eigenvalue weighted by Crippen LogP contribution is -2.13. The minimum absolute atomic E-state index is 0.0276. The van der Waals surface area contributed by atoms with Crippen LogP contribution in [0.4, 0.5) is 5.82 Å². The van der Waals surface area contributed by atoms with Crippen molar-refractivity contribution >= 4 is 24.6 Å². The topological polar surface area (TPSA) is 147 Å². The molecule has 1 unspecified atom stereocenters. The number of ether oxygens (including phenoxy) is 1. The van der Waals surface area contributed by atoms with Crippen LogP contribution in [0, 0.1) is 5.41 Å². The SMILES string of the molecule is COC(c1nc2nc(CC(C)(C)C)nc(N)c2[nH]1)P(=O)(O)O. The smallest absolute Gasteiger partial charge is 0.361 e. The molecule has 0 spiro atoms. The predicted molar refractivity (Wildman–Crippen MR) is 81.0 cm³/mol. The molecule has 0 fully saturated rings. The van der Waals surface area contributed by atoms with E-state index in [-0.39, 0.29) is 22.7 Å². The fourth-order valence-electron chi connectivity index (χ4n) is 2.06. The van der Waals surface area contributed by atoms with Crippen molar-refractivity contribution in [2.75, 3.05) is 12.8 Å². The van der Waals surface area contributed by atoms with Gasteiger partial charge < -0.3 is 25.2 Å². The molecule has 0 aliphatic rings. The lowest BCUT2D eigenvalue weighted by Gasteiger charge is -2.16. The molecular weight excluding hydrogens is 309 g/mol. The quantitative estimate of drug-likeness (QED) is 0.614. The molecule has 1 atom stereocenters. The average molecular weight is 329 g/mol. The van der Waals surface area contributed by atoms with Crippen molar-refractivity contribution in [3.05, 3.63) is 11.6 Å². The van der Waals surface area contributed by atoms with E-state index in [4.69, 9.17) is 10.5 Å². The number of fused-ring (bicyclic) bond motifs is 1. The van der Waals surface area contributed by atoms with Crippen molar-refractivity contribution in [1.29, 1.82) is 0 Å². The standard InChI is InChI=1S/C12H20N5O4P/c1-12(2,3)5-6-14-8(13)7-9(15-6)17-10(16-7)11(21-4)22(18,19)20/h11H,5H2,1-4H3,(H2,18,19,20)(H3,13,14,15,16,17). The van der Waals surface area contributed by atoms with Gasteiger partial charge in [-0.1, -0.05) is 20.8 Å². The maximum Gasteiger partial charge on any atom is 0.361 e. The Balaban J connectivity index is 2.50. The van der Waals surface area contributed by atoms with Gasteiger partial charge in [-0.05, 0) is 5.41 Å². The van der Waals surface area contributed by atoms with E-state index in [9.17, 15) is 14.4 Å². The largest absolute Gasteiger partial charge is 0.382 e. The number of hydrogen-bond acceptors (Lipinski definition) is 6. The molecule has 2 aromatic heterocycles. The van der Waals surface area contributed by atoms with Gasteiger partial charge in [-0.3, -0.25) is 4.57 Å². The van der Waals surface area contributed by atoms with Gasteiger partial charge in [-0.15, -0.1) is 0 Å². The van der Waals surface area contributed by atoms with Gasteiger partial charge in [0, 0.05) is 13.5 Å². The molecule has 0 bridgehead atoms. The van der Waals surface area contributed by atoms with Crippen molar-refractivity contribution < 1.29 is 19.1 Å². The summed E-state index contributed by atoms with van der Waals surface area (Å²) in [6, 6.07) is 0. The second-order valence-corrected chi connectivity index (χ2v) is 7.91. The average Bonchev–Trinajstić information content (AvgIpc) is 2.69. The van der Waals surface area contributed by atoms with Crippen LogP contribution in [0.1, 0.15) is 38.3 Å². The van der Waals surface area contributed by atoms with Crippen LogP contribution in [0.25, 0.3) is 11.2 Å². The first kappa shape index (κ1) is 16.8. The normalized spacial score (nSPS) is 14.5. The molecule has 2 rings (SSSR count). The number of nitrogens with two attached hydrogens (primary N) is 1. The lowest BCUT2D eigenvalue weighted by atomic mass is 9.92. The summed E-state index contributed by atoms with van der Waals surface area (Å²) in [4.78, 5) is 33.9. The molecular formula is C12H20N5O4P. The van der Waals surface area contributed by atoms with Crippen molar-refractivity contribution in [3.63, 3.8) is 0 Å². The highest BCUT2D eigenvalue weighted by atomic mass is 31.2. The fraction of sp³-hybridized carbons (Fsp3) is 0.583. The summed E-state index contributed by atoms with van der Waals surface area (Å²) in [6.45, 7) is 6.13. The Labute approximate surface area is 127 Å². The first-order valence-corrected chi connectivity index (χ1v) is 8.29. The minimum atomic E-state index is -4.52. The molecule has 9 nitrogen and oxygen atoms in total. The summed E-state index contributed by atoms with van der Waals surface area (Å²) in [7, 11) is -3.33. The summed E-state index contributed by atoms with van der Waals surface area (Å²) in [5.74, 6) is -0.809. The first-order valence-electron chi connectivity index (χ1n) is 6.61. The third-order valence-corrected chi connectivity index (χ3v) is 3.96. The molecule has 5 N–H and O–H groups in total. The number of nitrogens with one attached hydrogen (secondary N) is 1. The summed E-state index contributed by atoms with van der Waals surface area (Å²) in [5, 5.41) is 0. The number of hydrogen-bond donors (Lipinski definition) is 4.